The van der Waals surface area contributed by atoms with Gasteiger partial charge in [-0.25, -0.2) is 9.97 Å². The quantitative estimate of drug-likeness (QED) is 0.781. The number of benzene rings is 1. The Balaban J connectivity index is 2.04. The lowest BCUT2D eigenvalue weighted by molar-refractivity contribution is 0.419. The molecule has 3 aromatic rings. The maximum absolute atomic E-state index is 6.19. The predicted molar refractivity (Wildman–Crippen MR) is 85.6 cm³/mol. The maximum atomic E-state index is 6.19. The molecule has 0 atom stereocenters. The van der Waals surface area contributed by atoms with Crippen molar-refractivity contribution >= 4 is 34.1 Å². The van der Waals surface area contributed by atoms with Crippen molar-refractivity contribution in [2.45, 2.75) is 6.92 Å². The fourth-order valence-electron chi connectivity index (χ4n) is 2.13. The molecular weight excluding hydrogens is 286 g/mol. The minimum absolute atomic E-state index is 0.651. The Labute approximate surface area is 127 Å². The minimum Gasteiger partial charge on any atom is -0.494 e. The smallest absolute Gasteiger partial charge is 0.145 e. The van der Waals surface area contributed by atoms with Crippen LogP contribution in [-0.4, -0.2) is 17.1 Å². The van der Waals surface area contributed by atoms with Crippen molar-refractivity contribution in [3.63, 3.8) is 0 Å². The molecule has 1 aromatic carbocycles. The van der Waals surface area contributed by atoms with E-state index in [1.54, 1.807) is 19.4 Å². The van der Waals surface area contributed by atoms with Crippen LogP contribution in [0.15, 0.2) is 42.6 Å². The van der Waals surface area contributed by atoms with E-state index < -0.39 is 0 Å². The summed E-state index contributed by atoms with van der Waals surface area (Å²) < 4.78 is 5.34. The summed E-state index contributed by atoms with van der Waals surface area (Å²) in [6.07, 6.45) is 1.76. The Bertz CT molecular complexity index is 805. The molecule has 106 valence electrons. The summed E-state index contributed by atoms with van der Waals surface area (Å²) in [4.78, 5) is 8.84. The Kier molecular flexibility index (Phi) is 3.62. The molecule has 0 radical (unpaired) electrons. The largest absolute Gasteiger partial charge is 0.494 e. The number of ether oxygens (including phenoxy) is 1. The molecule has 2 aromatic heterocycles. The molecule has 3 rings (SSSR count). The van der Waals surface area contributed by atoms with E-state index >= 15 is 0 Å². The highest BCUT2D eigenvalue weighted by Crippen LogP contribution is 2.31. The number of methoxy groups -OCH3 is 1. The Morgan fingerprint density at radius 1 is 1.10 bits per heavy atom. The van der Waals surface area contributed by atoms with Crippen molar-refractivity contribution in [3.05, 3.63) is 53.2 Å². The highest BCUT2D eigenvalue weighted by atomic mass is 35.5. The molecule has 0 unspecified atom stereocenters. The number of aryl methyl sites for hydroxylation is 1. The van der Waals surface area contributed by atoms with Gasteiger partial charge in [-0.1, -0.05) is 11.6 Å². The summed E-state index contributed by atoms with van der Waals surface area (Å²) in [6.45, 7) is 2.02. The monoisotopic (exact) mass is 299 g/mol. The van der Waals surface area contributed by atoms with Crippen molar-refractivity contribution in [1.29, 1.82) is 0 Å². The van der Waals surface area contributed by atoms with Crippen LogP contribution in [0, 0.1) is 6.92 Å². The first-order valence-corrected chi connectivity index (χ1v) is 6.88. The molecule has 0 bridgehead atoms. The van der Waals surface area contributed by atoms with Gasteiger partial charge in [0.1, 0.15) is 22.9 Å². The normalized spacial score (nSPS) is 10.6. The lowest BCUT2D eigenvalue weighted by atomic mass is 10.2. The average Bonchev–Trinajstić information content (AvgIpc) is 2.48. The van der Waals surface area contributed by atoms with Crippen LogP contribution in [0.25, 0.3) is 10.9 Å². The van der Waals surface area contributed by atoms with Gasteiger partial charge in [0.2, 0.25) is 0 Å². The molecule has 4 nitrogen and oxygen atoms in total. The molecule has 5 heteroatoms. The Hall–Kier alpha value is -2.33. The van der Waals surface area contributed by atoms with E-state index in [0.717, 1.165) is 22.3 Å². The average molecular weight is 300 g/mol. The predicted octanol–water partition coefficient (Wildman–Crippen LogP) is 4.34. The summed E-state index contributed by atoms with van der Waals surface area (Å²) in [5, 5.41) is 4.70. The number of aromatic nitrogens is 2. The molecule has 2 heterocycles. The standard InChI is InChI=1S/C16H14ClN3O/c1-10-7-8-18-15(9-10)19-14-6-3-11-12(17)4-5-13(21-2)16(11)20-14/h3-9H,1-2H3,(H,18,19,20). The third-order valence-electron chi connectivity index (χ3n) is 3.16. The van der Waals surface area contributed by atoms with Crippen molar-refractivity contribution in [2.24, 2.45) is 0 Å². The first kappa shape index (κ1) is 13.6. The van der Waals surface area contributed by atoms with E-state index in [1.165, 1.54) is 0 Å². The van der Waals surface area contributed by atoms with Crippen LogP contribution >= 0.6 is 11.6 Å². The van der Waals surface area contributed by atoms with Gasteiger partial charge in [0.25, 0.3) is 0 Å². The van der Waals surface area contributed by atoms with Crippen LogP contribution < -0.4 is 10.1 Å². The first-order chi connectivity index (χ1) is 10.2. The molecule has 0 spiro atoms. The van der Waals surface area contributed by atoms with Gasteiger partial charge in [-0.05, 0) is 48.9 Å². The van der Waals surface area contributed by atoms with E-state index in [2.05, 4.69) is 15.3 Å². The summed E-state index contributed by atoms with van der Waals surface area (Å²) in [5.74, 6) is 2.14. The Morgan fingerprint density at radius 3 is 2.71 bits per heavy atom. The number of hydrogen-bond donors (Lipinski definition) is 1. The number of pyridine rings is 2. The summed E-state index contributed by atoms with van der Waals surface area (Å²) in [6, 6.07) is 11.3. The molecule has 0 fully saturated rings. The number of nitrogens with zero attached hydrogens (tertiary/aromatic N) is 2. The number of anilines is 2. The zero-order valence-electron chi connectivity index (χ0n) is 11.7. The van der Waals surface area contributed by atoms with Crippen LogP contribution in [0.5, 0.6) is 5.75 Å². The number of hydrogen-bond acceptors (Lipinski definition) is 4. The summed E-state index contributed by atoms with van der Waals surface area (Å²) in [7, 11) is 1.62. The van der Waals surface area contributed by atoms with E-state index in [9.17, 15) is 0 Å². The third kappa shape index (κ3) is 2.76. The van der Waals surface area contributed by atoms with Gasteiger partial charge < -0.3 is 10.1 Å². The number of rotatable bonds is 3. The number of nitrogens with one attached hydrogen (secondary N) is 1. The zero-order chi connectivity index (χ0) is 14.8. The first-order valence-electron chi connectivity index (χ1n) is 6.50. The van der Waals surface area contributed by atoms with Gasteiger partial charge in [0.15, 0.2) is 0 Å². The Morgan fingerprint density at radius 2 is 1.95 bits per heavy atom. The van der Waals surface area contributed by atoms with Gasteiger partial charge in [-0.2, -0.15) is 0 Å². The maximum Gasteiger partial charge on any atom is 0.145 e. The molecular formula is C16H14ClN3O. The third-order valence-corrected chi connectivity index (χ3v) is 3.49. The molecule has 0 aliphatic heterocycles. The number of fused-ring (bicyclic) bond motifs is 1. The second-order valence-electron chi connectivity index (χ2n) is 4.69. The zero-order valence-corrected chi connectivity index (χ0v) is 12.5. The van der Waals surface area contributed by atoms with Crippen molar-refractivity contribution in [3.8, 4) is 5.75 Å². The van der Waals surface area contributed by atoms with E-state index in [0.29, 0.717) is 16.6 Å². The molecule has 0 aliphatic rings. The summed E-state index contributed by atoms with van der Waals surface area (Å²) >= 11 is 6.19. The molecule has 0 saturated carbocycles. The van der Waals surface area contributed by atoms with Crippen molar-refractivity contribution in [2.75, 3.05) is 12.4 Å². The fraction of sp³-hybridized carbons (Fsp3) is 0.125. The van der Waals surface area contributed by atoms with Gasteiger partial charge in [0.05, 0.1) is 12.1 Å². The molecule has 0 aliphatic carbocycles. The van der Waals surface area contributed by atoms with Crippen LogP contribution in [-0.2, 0) is 0 Å². The van der Waals surface area contributed by atoms with Gasteiger partial charge in [0, 0.05) is 11.6 Å². The molecule has 0 saturated heterocycles. The second kappa shape index (κ2) is 5.58. The highest BCUT2D eigenvalue weighted by molar-refractivity contribution is 6.35. The van der Waals surface area contributed by atoms with Crippen molar-refractivity contribution < 1.29 is 4.74 Å². The van der Waals surface area contributed by atoms with E-state index in [4.69, 9.17) is 16.3 Å². The number of halogens is 1. The minimum atomic E-state index is 0.651. The highest BCUT2D eigenvalue weighted by Gasteiger charge is 2.08. The molecule has 21 heavy (non-hydrogen) atoms. The van der Waals surface area contributed by atoms with E-state index in [-0.39, 0.29) is 0 Å². The fourth-order valence-corrected chi connectivity index (χ4v) is 2.34. The van der Waals surface area contributed by atoms with Crippen molar-refractivity contribution in [1.82, 2.24) is 9.97 Å². The molecule has 1 N–H and O–H groups in total. The lowest BCUT2D eigenvalue weighted by Crippen LogP contribution is -1.97. The van der Waals surface area contributed by atoms with Crippen LogP contribution in [0.2, 0.25) is 5.02 Å². The summed E-state index contributed by atoms with van der Waals surface area (Å²) in [5.41, 5.74) is 1.86. The van der Waals surface area contributed by atoms with Gasteiger partial charge in [-0.3, -0.25) is 0 Å². The lowest BCUT2D eigenvalue weighted by Gasteiger charge is -2.09. The van der Waals surface area contributed by atoms with E-state index in [1.807, 2.05) is 37.3 Å². The second-order valence-corrected chi connectivity index (χ2v) is 5.09. The SMILES string of the molecule is COc1ccc(Cl)c2ccc(Nc3cc(C)ccn3)nc12. The van der Waals surface area contributed by atoms with Gasteiger partial charge >= 0.3 is 0 Å². The van der Waals surface area contributed by atoms with Crippen LogP contribution in [0.4, 0.5) is 11.6 Å². The van der Waals surface area contributed by atoms with Gasteiger partial charge in [-0.15, -0.1) is 0 Å². The molecule has 0 amide bonds. The topological polar surface area (TPSA) is 47.0 Å². The van der Waals surface area contributed by atoms with Crippen LogP contribution in [0.1, 0.15) is 5.56 Å². The van der Waals surface area contributed by atoms with Crippen LogP contribution in [0.3, 0.4) is 0 Å².